The lowest BCUT2D eigenvalue weighted by Crippen LogP contribution is -2.48. The summed E-state index contributed by atoms with van der Waals surface area (Å²) in [7, 11) is 0. The molecule has 30 heavy (non-hydrogen) atoms. The monoisotopic (exact) mass is 428 g/mol. The number of nitrogens with zero attached hydrogens (tertiary/aromatic N) is 4. The quantitative estimate of drug-likeness (QED) is 0.511. The Morgan fingerprint density at radius 1 is 1.20 bits per heavy atom. The summed E-state index contributed by atoms with van der Waals surface area (Å²) >= 11 is 1.42. The van der Waals surface area contributed by atoms with Crippen molar-refractivity contribution in [2.75, 3.05) is 18.8 Å². The van der Waals surface area contributed by atoms with E-state index in [0.717, 1.165) is 16.5 Å². The highest BCUT2D eigenvalue weighted by molar-refractivity contribution is 7.99. The molecule has 1 aromatic heterocycles. The lowest BCUT2D eigenvalue weighted by molar-refractivity contribution is -0.140. The van der Waals surface area contributed by atoms with Crippen molar-refractivity contribution >= 4 is 17.7 Å². The molecular weight excluding hydrogens is 396 g/mol. The van der Waals surface area contributed by atoms with Gasteiger partial charge in [0.05, 0.1) is 18.0 Å². The fraction of sp³-hybridized carbons (Fsp3) is 0.522. The maximum atomic E-state index is 12.7. The van der Waals surface area contributed by atoms with Crippen molar-refractivity contribution in [1.29, 1.82) is 0 Å². The van der Waals surface area contributed by atoms with Gasteiger partial charge in [-0.25, -0.2) is 0 Å². The van der Waals surface area contributed by atoms with Gasteiger partial charge in [-0.2, -0.15) is 0 Å². The second-order valence-electron chi connectivity index (χ2n) is 8.88. The predicted octanol–water partition coefficient (Wildman–Crippen LogP) is 4.16. The van der Waals surface area contributed by atoms with E-state index in [4.69, 9.17) is 4.74 Å². The summed E-state index contributed by atoms with van der Waals surface area (Å²) in [5.74, 6) is 1.22. The highest BCUT2D eigenvalue weighted by Gasteiger charge is 2.26. The second-order valence-corrected chi connectivity index (χ2v) is 9.82. The van der Waals surface area contributed by atoms with Gasteiger partial charge in [0.1, 0.15) is 0 Å². The van der Waals surface area contributed by atoms with Crippen LogP contribution in [-0.4, -0.2) is 56.6 Å². The third kappa shape index (κ3) is 5.32. The highest BCUT2D eigenvalue weighted by Crippen LogP contribution is 2.28. The maximum absolute atomic E-state index is 12.7. The number of morpholine rings is 1. The number of allylic oxidation sites excluding steroid dienone is 1. The second kappa shape index (κ2) is 9.35. The van der Waals surface area contributed by atoms with Crippen molar-refractivity contribution in [3.8, 4) is 11.4 Å². The molecule has 1 fully saturated rings. The highest BCUT2D eigenvalue weighted by atomic mass is 32.2. The summed E-state index contributed by atoms with van der Waals surface area (Å²) in [6.07, 6.45) is 1.96. The fourth-order valence-electron chi connectivity index (χ4n) is 3.62. The van der Waals surface area contributed by atoms with Crippen molar-refractivity contribution in [2.45, 2.75) is 63.9 Å². The Hall–Kier alpha value is -2.12. The Bertz CT molecular complexity index is 876. The molecule has 1 amide bonds. The van der Waals surface area contributed by atoms with Gasteiger partial charge in [-0.15, -0.1) is 16.8 Å². The van der Waals surface area contributed by atoms with E-state index >= 15 is 0 Å². The van der Waals surface area contributed by atoms with Crippen LogP contribution < -0.4 is 0 Å². The first-order valence-corrected chi connectivity index (χ1v) is 11.4. The first kappa shape index (κ1) is 22.6. The summed E-state index contributed by atoms with van der Waals surface area (Å²) in [4.78, 5) is 14.6. The number of thioether (sulfide) groups is 1. The number of rotatable bonds is 6. The topological polar surface area (TPSA) is 60.2 Å². The Kier molecular flexibility index (Phi) is 7.03. The molecule has 2 heterocycles. The summed E-state index contributed by atoms with van der Waals surface area (Å²) in [6, 6.07) is 8.44. The first-order chi connectivity index (χ1) is 14.2. The van der Waals surface area contributed by atoms with Crippen LogP contribution in [0.5, 0.6) is 0 Å². The van der Waals surface area contributed by atoms with Crippen molar-refractivity contribution in [3.05, 3.63) is 42.5 Å². The molecule has 0 unspecified atom stereocenters. The minimum Gasteiger partial charge on any atom is -0.372 e. The van der Waals surface area contributed by atoms with E-state index in [1.807, 2.05) is 29.4 Å². The summed E-state index contributed by atoms with van der Waals surface area (Å²) < 4.78 is 7.74. The largest absolute Gasteiger partial charge is 0.372 e. The predicted molar refractivity (Wildman–Crippen MR) is 122 cm³/mol. The van der Waals surface area contributed by atoms with Crippen molar-refractivity contribution < 1.29 is 9.53 Å². The Balaban J connectivity index is 1.74. The van der Waals surface area contributed by atoms with Gasteiger partial charge in [0.2, 0.25) is 5.91 Å². The molecule has 0 N–H and O–H groups in total. The molecule has 0 radical (unpaired) electrons. The van der Waals surface area contributed by atoms with Gasteiger partial charge in [0.25, 0.3) is 0 Å². The fourth-order valence-corrected chi connectivity index (χ4v) is 4.47. The van der Waals surface area contributed by atoms with Gasteiger partial charge in [-0.05, 0) is 24.8 Å². The van der Waals surface area contributed by atoms with Crippen LogP contribution >= 0.6 is 11.8 Å². The molecular formula is C23H32N4O2S. The molecule has 1 aliphatic heterocycles. The number of ether oxygens (including phenoxy) is 1. The van der Waals surface area contributed by atoms with E-state index < -0.39 is 0 Å². The van der Waals surface area contributed by atoms with Crippen molar-refractivity contribution in [2.24, 2.45) is 0 Å². The van der Waals surface area contributed by atoms with E-state index in [9.17, 15) is 4.79 Å². The molecule has 0 saturated carbocycles. The molecule has 2 aromatic rings. The average molecular weight is 429 g/mol. The number of carbonyl (C=O) groups excluding carboxylic acids is 1. The minimum atomic E-state index is 0.0646. The lowest BCUT2D eigenvalue weighted by Gasteiger charge is -2.35. The van der Waals surface area contributed by atoms with Crippen LogP contribution in [0, 0.1) is 0 Å². The number of carbonyl (C=O) groups is 1. The smallest absolute Gasteiger partial charge is 0.233 e. The Morgan fingerprint density at radius 2 is 1.83 bits per heavy atom. The van der Waals surface area contributed by atoms with Crippen LogP contribution in [0.4, 0.5) is 0 Å². The molecule has 1 saturated heterocycles. The first-order valence-electron chi connectivity index (χ1n) is 10.4. The maximum Gasteiger partial charge on any atom is 0.233 e. The van der Waals surface area contributed by atoms with E-state index in [1.165, 1.54) is 17.3 Å². The van der Waals surface area contributed by atoms with Gasteiger partial charge in [0, 0.05) is 25.2 Å². The van der Waals surface area contributed by atoms with Gasteiger partial charge < -0.3 is 9.64 Å². The molecule has 0 spiro atoms. The number of aromatic nitrogens is 3. The third-order valence-electron chi connectivity index (χ3n) is 5.13. The normalized spacial score (nSPS) is 19.7. The zero-order valence-corrected chi connectivity index (χ0v) is 19.4. The molecule has 1 aliphatic rings. The number of hydrogen-bond donors (Lipinski definition) is 0. The van der Waals surface area contributed by atoms with E-state index in [-0.39, 0.29) is 23.5 Å². The Labute approximate surface area is 183 Å². The minimum absolute atomic E-state index is 0.0646. The van der Waals surface area contributed by atoms with Gasteiger partial charge in [-0.1, -0.05) is 62.9 Å². The van der Waals surface area contributed by atoms with Gasteiger partial charge in [0.15, 0.2) is 11.0 Å². The summed E-state index contributed by atoms with van der Waals surface area (Å²) in [6.45, 7) is 16.3. The standard InChI is InChI=1S/C23H32N4O2S/c1-7-12-27-21(18-8-10-19(11-9-18)23(4,5)6)24-25-22(27)30-15-20(28)26-13-16(2)29-17(3)14-26/h7-11,16-17H,1,12-15H2,2-6H3/t16-,17+. The van der Waals surface area contributed by atoms with Crippen LogP contribution in [0.2, 0.25) is 0 Å². The Morgan fingerprint density at radius 3 is 2.40 bits per heavy atom. The molecule has 3 rings (SSSR count). The van der Waals surface area contributed by atoms with Gasteiger partial charge in [-0.3, -0.25) is 9.36 Å². The van der Waals surface area contributed by atoms with Crippen LogP contribution in [-0.2, 0) is 21.5 Å². The number of amides is 1. The van der Waals surface area contributed by atoms with Crippen LogP contribution in [0.15, 0.2) is 42.1 Å². The van der Waals surface area contributed by atoms with Crippen LogP contribution in [0.3, 0.4) is 0 Å². The van der Waals surface area contributed by atoms with Crippen molar-refractivity contribution in [1.82, 2.24) is 19.7 Å². The summed E-state index contributed by atoms with van der Waals surface area (Å²) in [5.41, 5.74) is 2.38. The van der Waals surface area contributed by atoms with E-state index in [1.54, 1.807) is 0 Å². The van der Waals surface area contributed by atoms with Crippen molar-refractivity contribution in [3.63, 3.8) is 0 Å². The molecule has 2 atom stereocenters. The molecule has 162 valence electrons. The zero-order valence-electron chi connectivity index (χ0n) is 18.6. The molecule has 7 heteroatoms. The SMILES string of the molecule is C=CCn1c(SCC(=O)N2C[C@@H](C)O[C@@H](C)C2)nnc1-c1ccc(C(C)(C)C)cc1. The average Bonchev–Trinajstić information content (AvgIpc) is 3.07. The molecule has 0 aliphatic carbocycles. The lowest BCUT2D eigenvalue weighted by atomic mass is 9.87. The van der Waals surface area contributed by atoms with E-state index in [2.05, 4.69) is 61.8 Å². The third-order valence-corrected chi connectivity index (χ3v) is 6.09. The zero-order chi connectivity index (χ0) is 21.9. The summed E-state index contributed by atoms with van der Waals surface area (Å²) in [5, 5.41) is 9.50. The van der Waals surface area contributed by atoms with Crippen LogP contribution in [0.25, 0.3) is 11.4 Å². The van der Waals surface area contributed by atoms with Crippen LogP contribution in [0.1, 0.15) is 40.2 Å². The molecule has 1 aromatic carbocycles. The van der Waals surface area contributed by atoms with Gasteiger partial charge >= 0.3 is 0 Å². The number of hydrogen-bond acceptors (Lipinski definition) is 5. The molecule has 0 bridgehead atoms. The number of benzene rings is 1. The molecule has 6 nitrogen and oxygen atoms in total. The van der Waals surface area contributed by atoms with E-state index in [0.29, 0.717) is 25.4 Å².